The van der Waals surface area contributed by atoms with E-state index < -0.39 is 16.8 Å². The van der Waals surface area contributed by atoms with Gasteiger partial charge in [-0.25, -0.2) is 4.99 Å². The molecule has 0 radical (unpaired) electrons. The van der Waals surface area contributed by atoms with Crippen LogP contribution in [0, 0.1) is 16.0 Å². The first kappa shape index (κ1) is 21.7. The number of hydrogen-bond acceptors (Lipinski definition) is 7. The third kappa shape index (κ3) is 4.13. The minimum Gasteiger partial charge on any atom is -0.475 e. The van der Waals surface area contributed by atoms with Crippen molar-refractivity contribution >= 4 is 23.3 Å². The molecule has 160 valence electrons. The predicted octanol–water partition coefficient (Wildman–Crippen LogP) is 4.20. The lowest BCUT2D eigenvalue weighted by Crippen LogP contribution is -2.36. The molecule has 2 aliphatic rings. The number of allylic oxidation sites excluding steroid dienone is 1. The second-order valence-corrected chi connectivity index (χ2v) is 8.04. The molecular formula is C22H27N3O5. The molecule has 0 fully saturated rings. The van der Waals surface area contributed by atoms with Crippen molar-refractivity contribution in [2.75, 3.05) is 13.2 Å². The van der Waals surface area contributed by atoms with E-state index in [4.69, 9.17) is 19.5 Å². The minimum absolute atomic E-state index is 0.00975. The topological polar surface area (TPSA) is 103 Å². The lowest BCUT2D eigenvalue weighted by Gasteiger charge is -2.32. The number of carbonyl (C=O) groups is 1. The van der Waals surface area contributed by atoms with E-state index >= 15 is 0 Å². The van der Waals surface area contributed by atoms with E-state index in [9.17, 15) is 14.9 Å². The molecule has 1 aromatic rings. The summed E-state index contributed by atoms with van der Waals surface area (Å²) in [6.07, 6.45) is 0.633. The highest BCUT2D eigenvalue weighted by Crippen LogP contribution is 2.43. The Kier molecular flexibility index (Phi) is 6.05. The summed E-state index contributed by atoms with van der Waals surface area (Å²) in [6, 6.07) is 6.26. The van der Waals surface area contributed by atoms with Crippen LogP contribution in [0.15, 0.2) is 45.5 Å². The first-order valence-electron chi connectivity index (χ1n) is 10.1. The van der Waals surface area contributed by atoms with Gasteiger partial charge < -0.3 is 9.47 Å². The van der Waals surface area contributed by atoms with Crippen LogP contribution in [-0.2, 0) is 14.3 Å². The van der Waals surface area contributed by atoms with Crippen LogP contribution in [0.3, 0.4) is 0 Å². The number of aliphatic imine (C=N–C) groups is 2. The number of rotatable bonds is 6. The standard InChI is InChI=1S/C22H27N3O5/c1-6-16-19(20-24-22(4,5)12-30-20)18(14-8-10-15(11-9-14)25(27)28)17(13(3)23-16)21(26)29-7-2/h8-11,17-18H,6-7,12H2,1-5H3. The molecular weight excluding hydrogens is 386 g/mol. The zero-order valence-electron chi connectivity index (χ0n) is 18.0. The molecule has 0 bridgehead atoms. The zero-order chi connectivity index (χ0) is 22.1. The molecule has 0 aliphatic carbocycles. The van der Waals surface area contributed by atoms with Gasteiger partial charge >= 0.3 is 5.97 Å². The average molecular weight is 413 g/mol. The Morgan fingerprint density at radius 1 is 1.30 bits per heavy atom. The molecule has 2 atom stereocenters. The van der Waals surface area contributed by atoms with Crippen molar-refractivity contribution in [2.24, 2.45) is 15.9 Å². The molecule has 2 aliphatic heterocycles. The number of carbonyl (C=O) groups excluding carboxylic acids is 1. The number of hydrogen-bond donors (Lipinski definition) is 0. The molecule has 0 saturated carbocycles. The van der Waals surface area contributed by atoms with Crippen LogP contribution in [-0.4, -0.2) is 41.3 Å². The molecule has 2 heterocycles. The van der Waals surface area contributed by atoms with Crippen LogP contribution < -0.4 is 0 Å². The summed E-state index contributed by atoms with van der Waals surface area (Å²) in [7, 11) is 0. The van der Waals surface area contributed by atoms with Gasteiger partial charge in [0.25, 0.3) is 5.69 Å². The largest absolute Gasteiger partial charge is 0.475 e. The van der Waals surface area contributed by atoms with Gasteiger partial charge in [0.2, 0.25) is 5.90 Å². The highest BCUT2D eigenvalue weighted by atomic mass is 16.6. The van der Waals surface area contributed by atoms with Crippen LogP contribution in [0.1, 0.15) is 52.5 Å². The summed E-state index contributed by atoms with van der Waals surface area (Å²) >= 11 is 0. The molecule has 0 saturated heterocycles. The maximum Gasteiger partial charge on any atom is 0.315 e. The molecule has 0 spiro atoms. The number of nitro groups is 1. The van der Waals surface area contributed by atoms with Crippen molar-refractivity contribution in [3.63, 3.8) is 0 Å². The van der Waals surface area contributed by atoms with E-state index in [0.717, 1.165) is 16.8 Å². The van der Waals surface area contributed by atoms with Gasteiger partial charge in [0, 0.05) is 35.0 Å². The van der Waals surface area contributed by atoms with Gasteiger partial charge in [-0.2, -0.15) is 0 Å². The fourth-order valence-electron chi connectivity index (χ4n) is 3.88. The first-order chi connectivity index (χ1) is 14.2. The van der Waals surface area contributed by atoms with Crippen LogP contribution in [0.2, 0.25) is 0 Å². The number of esters is 1. The number of benzene rings is 1. The highest BCUT2D eigenvalue weighted by Gasteiger charge is 2.44. The van der Waals surface area contributed by atoms with E-state index in [1.165, 1.54) is 12.1 Å². The van der Waals surface area contributed by atoms with Crippen molar-refractivity contribution < 1.29 is 19.2 Å². The van der Waals surface area contributed by atoms with Gasteiger partial charge in [0.1, 0.15) is 12.5 Å². The SMILES string of the molecule is CCOC(=O)C1C(C)=NC(CC)=C(C2=NC(C)(C)CO2)C1c1ccc([N+](=O)[O-])cc1. The molecule has 30 heavy (non-hydrogen) atoms. The van der Waals surface area contributed by atoms with Gasteiger partial charge in [-0.15, -0.1) is 0 Å². The number of nitrogens with zero attached hydrogens (tertiary/aromatic N) is 3. The molecule has 8 nitrogen and oxygen atoms in total. The summed E-state index contributed by atoms with van der Waals surface area (Å²) in [5.41, 5.74) is 2.56. The van der Waals surface area contributed by atoms with Gasteiger partial charge in [-0.1, -0.05) is 19.1 Å². The van der Waals surface area contributed by atoms with Crippen molar-refractivity contribution in [3.8, 4) is 0 Å². The molecule has 1 aromatic carbocycles. The minimum atomic E-state index is -0.660. The van der Waals surface area contributed by atoms with Crippen molar-refractivity contribution in [2.45, 2.75) is 52.5 Å². The lowest BCUT2D eigenvalue weighted by molar-refractivity contribution is -0.384. The molecule has 3 rings (SSSR count). The Bertz CT molecular complexity index is 944. The lowest BCUT2D eigenvalue weighted by atomic mass is 9.75. The Balaban J connectivity index is 2.20. The number of ether oxygens (including phenoxy) is 2. The normalized spacial score (nSPS) is 22.8. The van der Waals surface area contributed by atoms with Crippen LogP contribution in [0.25, 0.3) is 0 Å². The molecule has 8 heteroatoms. The molecule has 0 N–H and O–H groups in total. The van der Waals surface area contributed by atoms with Crippen molar-refractivity contribution in [3.05, 3.63) is 51.2 Å². The smallest absolute Gasteiger partial charge is 0.315 e. The Labute approximate surface area is 175 Å². The fourth-order valence-corrected chi connectivity index (χ4v) is 3.88. The van der Waals surface area contributed by atoms with Gasteiger partial charge in [0.15, 0.2) is 0 Å². The molecule has 0 aromatic heterocycles. The van der Waals surface area contributed by atoms with Gasteiger partial charge in [-0.05, 0) is 39.7 Å². The summed E-state index contributed by atoms with van der Waals surface area (Å²) in [6.45, 7) is 10.2. The second kappa shape index (κ2) is 8.38. The summed E-state index contributed by atoms with van der Waals surface area (Å²) in [4.78, 5) is 33.0. The maximum atomic E-state index is 12.9. The third-order valence-corrected chi connectivity index (χ3v) is 5.25. The van der Waals surface area contributed by atoms with Crippen LogP contribution >= 0.6 is 0 Å². The summed E-state index contributed by atoms with van der Waals surface area (Å²) < 4.78 is 11.3. The molecule has 0 amide bonds. The van der Waals surface area contributed by atoms with Crippen molar-refractivity contribution in [1.29, 1.82) is 0 Å². The third-order valence-electron chi connectivity index (χ3n) is 5.25. The Morgan fingerprint density at radius 2 is 1.97 bits per heavy atom. The quantitative estimate of drug-likeness (QED) is 0.395. The summed E-state index contributed by atoms with van der Waals surface area (Å²) in [5, 5.41) is 11.1. The number of nitro benzene ring substituents is 1. The monoisotopic (exact) mass is 413 g/mol. The second-order valence-electron chi connectivity index (χ2n) is 8.04. The van der Waals surface area contributed by atoms with Gasteiger partial charge in [-0.3, -0.25) is 19.9 Å². The van der Waals surface area contributed by atoms with Gasteiger partial charge in [0.05, 0.1) is 17.1 Å². The number of non-ortho nitro benzene ring substituents is 1. The van der Waals surface area contributed by atoms with E-state index in [1.54, 1.807) is 19.1 Å². The highest BCUT2D eigenvalue weighted by molar-refractivity contribution is 6.08. The van der Waals surface area contributed by atoms with E-state index in [0.29, 0.717) is 24.6 Å². The Hall–Kier alpha value is -3.03. The van der Waals surface area contributed by atoms with Crippen molar-refractivity contribution in [1.82, 2.24) is 0 Å². The van der Waals surface area contributed by atoms with E-state index in [1.807, 2.05) is 27.7 Å². The average Bonchev–Trinajstić information content (AvgIpc) is 3.06. The van der Waals surface area contributed by atoms with Crippen LogP contribution in [0.5, 0.6) is 0 Å². The summed E-state index contributed by atoms with van der Waals surface area (Å²) in [5.74, 6) is -1.02. The van der Waals surface area contributed by atoms with E-state index in [-0.39, 0.29) is 23.8 Å². The first-order valence-corrected chi connectivity index (χ1v) is 10.1. The Morgan fingerprint density at radius 3 is 2.47 bits per heavy atom. The fraction of sp³-hybridized carbons (Fsp3) is 0.500. The molecule has 2 unspecified atom stereocenters. The maximum absolute atomic E-state index is 12.9. The van der Waals surface area contributed by atoms with E-state index in [2.05, 4.69) is 0 Å². The predicted molar refractivity (Wildman–Crippen MR) is 114 cm³/mol. The van der Waals surface area contributed by atoms with Crippen LogP contribution in [0.4, 0.5) is 5.69 Å². The zero-order valence-corrected chi connectivity index (χ0v) is 18.0.